The number of anilines is 1. The summed E-state index contributed by atoms with van der Waals surface area (Å²) in [4.78, 5) is 2.28. The summed E-state index contributed by atoms with van der Waals surface area (Å²) in [5.74, 6) is 0. The van der Waals surface area contributed by atoms with E-state index in [1.54, 1.807) is 3.51 Å². The Bertz CT molecular complexity index is 1010. The van der Waals surface area contributed by atoms with Crippen molar-refractivity contribution in [2.24, 2.45) is 0 Å². The quantitative estimate of drug-likeness (QED) is 0.289. The van der Waals surface area contributed by atoms with Gasteiger partial charge in [0.1, 0.15) is 0 Å². The molecule has 0 amide bonds. The Morgan fingerprint density at radius 1 is 0.586 bits per heavy atom. The molecule has 4 aromatic carbocycles. The van der Waals surface area contributed by atoms with E-state index in [1.807, 2.05) is 0 Å². The van der Waals surface area contributed by atoms with E-state index in [4.69, 9.17) is 0 Å². The fraction of sp³-hybridized carbons (Fsp3) is 0.0769. The molecule has 0 atom stereocenters. The minimum absolute atomic E-state index is 0.620. The molecule has 29 heavy (non-hydrogen) atoms. The molecule has 0 N–H and O–H groups in total. The van der Waals surface area contributed by atoms with E-state index in [2.05, 4.69) is 128 Å². The summed E-state index contributed by atoms with van der Waals surface area (Å²) in [6.45, 7) is 0. The summed E-state index contributed by atoms with van der Waals surface area (Å²) in [6, 6.07) is 40.0. The third-order valence-corrected chi connectivity index (χ3v) is 11.1. The molecule has 4 rings (SSSR count). The van der Waals surface area contributed by atoms with Crippen LogP contribution in [0.15, 0.2) is 109 Å². The van der Waals surface area contributed by atoms with Gasteiger partial charge in [0.15, 0.2) is 0 Å². The molecule has 0 aromatic heterocycles. The van der Waals surface area contributed by atoms with Crippen molar-refractivity contribution >= 4 is 58.2 Å². The van der Waals surface area contributed by atoms with Gasteiger partial charge in [0, 0.05) is 0 Å². The van der Waals surface area contributed by atoms with Crippen molar-refractivity contribution in [1.82, 2.24) is 0 Å². The van der Waals surface area contributed by atoms with E-state index < -0.39 is 29.5 Å². The van der Waals surface area contributed by atoms with Crippen molar-refractivity contribution in [2.45, 2.75) is 0 Å². The van der Waals surface area contributed by atoms with Crippen LogP contribution in [-0.4, -0.2) is 35.7 Å². The van der Waals surface area contributed by atoms with Gasteiger partial charge in [-0.25, -0.2) is 0 Å². The van der Waals surface area contributed by atoms with E-state index in [0.29, 0.717) is 0 Å². The first-order valence-electron chi connectivity index (χ1n) is 9.71. The molecule has 0 aliphatic heterocycles. The van der Waals surface area contributed by atoms with E-state index in [1.165, 1.54) is 25.1 Å². The van der Waals surface area contributed by atoms with Gasteiger partial charge in [-0.1, -0.05) is 0 Å². The van der Waals surface area contributed by atoms with Crippen LogP contribution in [0.1, 0.15) is 0 Å². The summed E-state index contributed by atoms with van der Waals surface area (Å²) in [5.41, 5.74) is 1.34. The Morgan fingerprint density at radius 2 is 1.10 bits per heavy atom. The predicted octanol–water partition coefficient (Wildman–Crippen LogP) is 3.17. The van der Waals surface area contributed by atoms with Crippen LogP contribution < -0.4 is 27.8 Å². The monoisotopic (exact) mass is 502 g/mol. The first kappa shape index (κ1) is 20.2. The van der Waals surface area contributed by atoms with Gasteiger partial charge >= 0.3 is 186 Å². The van der Waals surface area contributed by atoms with Gasteiger partial charge in [-0.05, 0) is 0 Å². The van der Waals surface area contributed by atoms with E-state index in [9.17, 15) is 0 Å². The van der Waals surface area contributed by atoms with Crippen molar-refractivity contribution in [3.05, 3.63) is 109 Å². The van der Waals surface area contributed by atoms with Crippen LogP contribution >= 0.6 is 7.92 Å². The second-order valence-corrected chi connectivity index (χ2v) is 12.6. The number of nitrogens with zero attached hydrogens (tertiary/aromatic N) is 1. The van der Waals surface area contributed by atoms with Gasteiger partial charge in [-0.3, -0.25) is 0 Å². The molecule has 0 fully saturated rings. The molecular weight excluding hydrogens is 479 g/mol. The Labute approximate surface area is 185 Å². The normalized spacial score (nSPS) is 10.9. The molecule has 1 nitrogen and oxygen atoms in total. The van der Waals surface area contributed by atoms with Crippen LogP contribution in [0.2, 0.25) is 0 Å². The molecular formula is C26H24NPSb. The Balaban J connectivity index is 1.93. The second kappa shape index (κ2) is 9.62. The molecule has 0 saturated heterocycles. The zero-order chi connectivity index (χ0) is 20.1. The maximum absolute atomic E-state index is 2.37. The molecule has 4 aromatic rings. The Morgan fingerprint density at radius 3 is 1.62 bits per heavy atom. The fourth-order valence-electron chi connectivity index (χ4n) is 3.40. The molecule has 0 unspecified atom stereocenters. The topological polar surface area (TPSA) is 3.24 Å². The number of hydrogen-bond acceptors (Lipinski definition) is 1. The third kappa shape index (κ3) is 4.75. The van der Waals surface area contributed by atoms with Crippen molar-refractivity contribution in [3.63, 3.8) is 0 Å². The van der Waals surface area contributed by atoms with Crippen LogP contribution in [0.5, 0.6) is 0 Å². The molecule has 0 heterocycles. The second-order valence-electron chi connectivity index (χ2n) is 6.99. The molecule has 0 saturated carbocycles. The number of benzene rings is 4. The Kier molecular flexibility index (Phi) is 6.70. The summed E-state index contributed by atoms with van der Waals surface area (Å²) in [5, 5.41) is 4.34. The molecule has 3 heteroatoms. The van der Waals surface area contributed by atoms with Crippen molar-refractivity contribution in [1.29, 1.82) is 0 Å². The minimum atomic E-state index is -0.701. The Hall–Kier alpha value is -2.07. The SMILES string of the molecule is CN(C)c1ccc[c]([Sb][c]2ccccc2)c1P(c1ccccc1)c1ccccc1. The first-order valence-corrected chi connectivity index (χ1v) is 13.6. The molecule has 143 valence electrons. The molecule has 0 spiro atoms. The van der Waals surface area contributed by atoms with Gasteiger partial charge < -0.3 is 0 Å². The average molecular weight is 503 g/mol. The van der Waals surface area contributed by atoms with Crippen molar-refractivity contribution < 1.29 is 0 Å². The zero-order valence-corrected chi connectivity index (χ0v) is 20.2. The van der Waals surface area contributed by atoms with Crippen LogP contribution in [0.3, 0.4) is 0 Å². The standard InChI is InChI=1S/C20H19NP.C6H5.Sb/c1-21(2)19-15-9-10-16-20(19)22(17-11-5-3-6-12-17)18-13-7-4-8-14-18;1-2-4-6-5-3-1;/h3-15H,1-2H3;1-5H;. The third-order valence-electron chi connectivity index (χ3n) is 4.73. The summed E-state index contributed by atoms with van der Waals surface area (Å²) in [6.07, 6.45) is 0. The maximum atomic E-state index is 2.37. The van der Waals surface area contributed by atoms with Crippen LogP contribution in [0.25, 0.3) is 0 Å². The van der Waals surface area contributed by atoms with E-state index >= 15 is 0 Å². The summed E-state index contributed by atoms with van der Waals surface area (Å²) >= 11 is -0.701. The van der Waals surface area contributed by atoms with Gasteiger partial charge in [-0.2, -0.15) is 0 Å². The zero-order valence-electron chi connectivity index (χ0n) is 16.7. The number of rotatable bonds is 6. The first-order chi connectivity index (χ1) is 14.2. The van der Waals surface area contributed by atoms with E-state index in [0.717, 1.165) is 0 Å². The van der Waals surface area contributed by atoms with Crippen molar-refractivity contribution in [2.75, 3.05) is 19.0 Å². The molecule has 0 bridgehead atoms. The average Bonchev–Trinajstić information content (AvgIpc) is 2.77. The molecule has 1 radical (unpaired) electrons. The summed E-state index contributed by atoms with van der Waals surface area (Å²) < 4.78 is 3.05. The van der Waals surface area contributed by atoms with Crippen molar-refractivity contribution in [3.8, 4) is 0 Å². The van der Waals surface area contributed by atoms with E-state index in [-0.39, 0.29) is 0 Å². The van der Waals surface area contributed by atoms with Crippen LogP contribution in [0.4, 0.5) is 5.69 Å². The molecule has 0 aliphatic rings. The van der Waals surface area contributed by atoms with Gasteiger partial charge in [0.2, 0.25) is 0 Å². The van der Waals surface area contributed by atoms with Crippen LogP contribution in [0, 0.1) is 0 Å². The van der Waals surface area contributed by atoms with Crippen LogP contribution in [-0.2, 0) is 0 Å². The van der Waals surface area contributed by atoms with Gasteiger partial charge in [0.05, 0.1) is 0 Å². The predicted molar refractivity (Wildman–Crippen MR) is 131 cm³/mol. The molecule has 0 aliphatic carbocycles. The van der Waals surface area contributed by atoms with Gasteiger partial charge in [-0.15, -0.1) is 0 Å². The van der Waals surface area contributed by atoms with Gasteiger partial charge in [0.25, 0.3) is 0 Å². The number of hydrogen-bond donors (Lipinski definition) is 0. The summed E-state index contributed by atoms with van der Waals surface area (Å²) in [7, 11) is 3.71. The fourth-order valence-corrected chi connectivity index (χ4v) is 9.95.